The first kappa shape index (κ1) is 10.4. The topological polar surface area (TPSA) is 12.0 Å². The molecule has 0 amide bonds. The van der Waals surface area contributed by atoms with Crippen molar-refractivity contribution in [2.45, 2.75) is 6.92 Å². The second-order valence-corrected chi connectivity index (χ2v) is 3.31. The second-order valence-electron chi connectivity index (χ2n) is 2.65. The summed E-state index contributed by atoms with van der Waals surface area (Å²) >= 11 is 11.3. The first-order valence-electron chi connectivity index (χ1n) is 4.00. The highest BCUT2D eigenvalue weighted by atomic mass is 35.5. The number of anilines is 1. The molecule has 3 heteroatoms. The minimum absolute atomic E-state index is 0.713. The zero-order chi connectivity index (χ0) is 9.68. The summed E-state index contributed by atoms with van der Waals surface area (Å²) in [6.07, 6.45) is 1.84. The lowest BCUT2D eigenvalue weighted by Crippen LogP contribution is -1.99. The van der Waals surface area contributed by atoms with Gasteiger partial charge in [0.25, 0.3) is 0 Å². The van der Waals surface area contributed by atoms with Crippen LogP contribution < -0.4 is 5.32 Å². The van der Waals surface area contributed by atoms with Gasteiger partial charge in [-0.1, -0.05) is 35.3 Å². The Labute approximate surface area is 88.4 Å². The molecule has 1 nitrogen and oxygen atoms in total. The van der Waals surface area contributed by atoms with Gasteiger partial charge in [-0.3, -0.25) is 0 Å². The van der Waals surface area contributed by atoms with Crippen molar-refractivity contribution in [3.05, 3.63) is 40.4 Å². The third kappa shape index (κ3) is 2.94. The maximum Gasteiger partial charge on any atom is 0.0455 e. The van der Waals surface area contributed by atoms with E-state index in [1.807, 2.05) is 31.2 Å². The number of benzene rings is 1. The number of rotatable bonds is 3. The first-order valence-corrected chi connectivity index (χ1v) is 4.81. The molecule has 0 saturated heterocycles. The quantitative estimate of drug-likeness (QED) is 0.809. The van der Waals surface area contributed by atoms with Crippen LogP contribution in [0.3, 0.4) is 0 Å². The van der Waals surface area contributed by atoms with Crippen LogP contribution in [-0.2, 0) is 0 Å². The SMILES string of the molecule is Cc1c(Cl)cccc1NC/C=C/Cl. The summed E-state index contributed by atoms with van der Waals surface area (Å²) in [6.45, 7) is 2.69. The van der Waals surface area contributed by atoms with E-state index in [4.69, 9.17) is 23.2 Å². The summed E-state index contributed by atoms with van der Waals surface area (Å²) < 4.78 is 0. The van der Waals surface area contributed by atoms with Crippen LogP contribution in [0.4, 0.5) is 5.69 Å². The summed E-state index contributed by atoms with van der Waals surface area (Å²) in [5.41, 5.74) is 3.60. The summed E-state index contributed by atoms with van der Waals surface area (Å²) in [7, 11) is 0. The Kier molecular flexibility index (Phi) is 4.13. The van der Waals surface area contributed by atoms with E-state index in [1.165, 1.54) is 5.54 Å². The molecule has 1 rings (SSSR count). The summed E-state index contributed by atoms with van der Waals surface area (Å²) in [5.74, 6) is 0. The zero-order valence-electron chi connectivity index (χ0n) is 7.35. The van der Waals surface area contributed by atoms with Crippen molar-refractivity contribution >= 4 is 28.9 Å². The van der Waals surface area contributed by atoms with Gasteiger partial charge in [-0.25, -0.2) is 0 Å². The number of hydrogen-bond acceptors (Lipinski definition) is 1. The molecule has 1 N–H and O–H groups in total. The van der Waals surface area contributed by atoms with Crippen molar-refractivity contribution in [3.63, 3.8) is 0 Å². The largest absolute Gasteiger partial charge is 0.381 e. The molecule has 0 heterocycles. The molecule has 0 aliphatic heterocycles. The number of halogens is 2. The summed E-state index contributed by atoms with van der Waals surface area (Å²) in [4.78, 5) is 0. The fourth-order valence-corrected chi connectivity index (χ4v) is 1.28. The molecule has 0 fully saturated rings. The number of hydrogen-bond donors (Lipinski definition) is 1. The molecule has 0 spiro atoms. The van der Waals surface area contributed by atoms with E-state index in [0.717, 1.165) is 16.3 Å². The average molecular weight is 216 g/mol. The maximum absolute atomic E-state index is 5.94. The molecule has 0 aromatic heterocycles. The minimum atomic E-state index is 0.713. The van der Waals surface area contributed by atoms with E-state index < -0.39 is 0 Å². The standard InChI is InChI=1S/C10H11Cl2N/c1-8-9(12)4-2-5-10(8)13-7-3-6-11/h2-6,13H,7H2,1H3/b6-3+. The highest BCUT2D eigenvalue weighted by molar-refractivity contribution is 6.31. The molecular formula is C10H11Cl2N. The molecule has 0 radical (unpaired) electrons. The highest BCUT2D eigenvalue weighted by Crippen LogP contribution is 2.22. The number of nitrogens with one attached hydrogen (secondary N) is 1. The van der Waals surface area contributed by atoms with Crippen LogP contribution in [0.5, 0.6) is 0 Å². The maximum atomic E-state index is 5.94. The summed E-state index contributed by atoms with van der Waals surface area (Å²) in [6, 6.07) is 5.78. The predicted molar refractivity (Wildman–Crippen MR) is 59.7 cm³/mol. The van der Waals surface area contributed by atoms with Crippen LogP contribution >= 0.6 is 23.2 Å². The monoisotopic (exact) mass is 215 g/mol. The van der Waals surface area contributed by atoms with E-state index >= 15 is 0 Å². The first-order chi connectivity index (χ1) is 6.25. The van der Waals surface area contributed by atoms with E-state index in [1.54, 1.807) is 0 Å². The lowest BCUT2D eigenvalue weighted by Gasteiger charge is -2.07. The average Bonchev–Trinajstić information content (AvgIpc) is 2.13. The van der Waals surface area contributed by atoms with Crippen molar-refractivity contribution in [2.24, 2.45) is 0 Å². The Morgan fingerprint density at radius 2 is 2.23 bits per heavy atom. The molecule has 0 bridgehead atoms. The van der Waals surface area contributed by atoms with Gasteiger partial charge in [0.2, 0.25) is 0 Å². The Morgan fingerprint density at radius 3 is 2.92 bits per heavy atom. The molecule has 70 valence electrons. The van der Waals surface area contributed by atoms with Crippen molar-refractivity contribution < 1.29 is 0 Å². The van der Waals surface area contributed by atoms with Crippen molar-refractivity contribution in [3.8, 4) is 0 Å². The molecular weight excluding hydrogens is 205 g/mol. The van der Waals surface area contributed by atoms with Gasteiger partial charge in [0.1, 0.15) is 0 Å². The Bertz CT molecular complexity index is 308. The molecule has 0 aliphatic rings. The van der Waals surface area contributed by atoms with Crippen LogP contribution in [0.25, 0.3) is 0 Å². The van der Waals surface area contributed by atoms with Gasteiger partial charge < -0.3 is 5.32 Å². The molecule has 0 unspecified atom stereocenters. The van der Waals surface area contributed by atoms with Crippen LogP contribution in [0.2, 0.25) is 5.02 Å². The van der Waals surface area contributed by atoms with Crippen LogP contribution in [0.15, 0.2) is 29.8 Å². The van der Waals surface area contributed by atoms with Crippen molar-refractivity contribution in [2.75, 3.05) is 11.9 Å². The second kappa shape index (κ2) is 5.15. The Morgan fingerprint density at radius 1 is 1.46 bits per heavy atom. The predicted octanol–water partition coefficient (Wildman–Crippen LogP) is 3.81. The summed E-state index contributed by atoms with van der Waals surface area (Å²) in [5, 5.41) is 3.98. The van der Waals surface area contributed by atoms with Crippen molar-refractivity contribution in [1.29, 1.82) is 0 Å². The third-order valence-electron chi connectivity index (χ3n) is 1.77. The van der Waals surface area contributed by atoms with Crippen LogP contribution in [0.1, 0.15) is 5.56 Å². The minimum Gasteiger partial charge on any atom is -0.381 e. The highest BCUT2D eigenvalue weighted by Gasteiger charge is 1.99. The lowest BCUT2D eigenvalue weighted by molar-refractivity contribution is 1.30. The molecule has 13 heavy (non-hydrogen) atoms. The van der Waals surface area contributed by atoms with Gasteiger partial charge in [0.05, 0.1) is 0 Å². The molecule has 1 aromatic rings. The van der Waals surface area contributed by atoms with E-state index in [-0.39, 0.29) is 0 Å². The molecule has 0 saturated carbocycles. The van der Waals surface area contributed by atoms with Gasteiger partial charge >= 0.3 is 0 Å². The van der Waals surface area contributed by atoms with E-state index in [9.17, 15) is 0 Å². The van der Waals surface area contributed by atoms with Gasteiger partial charge in [0.15, 0.2) is 0 Å². The van der Waals surface area contributed by atoms with Gasteiger partial charge in [-0.15, -0.1) is 0 Å². The molecule has 0 atom stereocenters. The van der Waals surface area contributed by atoms with Gasteiger partial charge in [-0.05, 0) is 24.6 Å². The third-order valence-corrected chi connectivity index (χ3v) is 2.35. The fraction of sp³-hybridized carbons (Fsp3) is 0.200. The Balaban J connectivity index is 2.71. The molecule has 0 aliphatic carbocycles. The van der Waals surface area contributed by atoms with Crippen molar-refractivity contribution in [1.82, 2.24) is 0 Å². The zero-order valence-corrected chi connectivity index (χ0v) is 8.86. The molecule has 1 aromatic carbocycles. The smallest absolute Gasteiger partial charge is 0.0455 e. The van der Waals surface area contributed by atoms with Crippen LogP contribution in [-0.4, -0.2) is 6.54 Å². The van der Waals surface area contributed by atoms with E-state index in [2.05, 4.69) is 5.32 Å². The van der Waals surface area contributed by atoms with Gasteiger partial charge in [0, 0.05) is 22.8 Å². The fourth-order valence-electron chi connectivity index (χ4n) is 1.01. The van der Waals surface area contributed by atoms with Crippen LogP contribution in [0, 0.1) is 6.92 Å². The van der Waals surface area contributed by atoms with E-state index in [0.29, 0.717) is 6.54 Å². The lowest BCUT2D eigenvalue weighted by atomic mass is 10.2. The Hall–Kier alpha value is -0.660. The van der Waals surface area contributed by atoms with Gasteiger partial charge in [-0.2, -0.15) is 0 Å². The normalized spacial score (nSPS) is 10.7.